The van der Waals surface area contributed by atoms with Gasteiger partial charge in [-0.15, -0.1) is 0 Å². The summed E-state index contributed by atoms with van der Waals surface area (Å²) in [7, 11) is 0. The van der Waals surface area contributed by atoms with Crippen molar-refractivity contribution in [1.29, 1.82) is 0 Å². The number of hydrogen-bond donors (Lipinski definition) is 1. The summed E-state index contributed by atoms with van der Waals surface area (Å²) in [5.41, 5.74) is 1.33. The molecule has 4 rings (SSSR count). The Labute approximate surface area is 93.2 Å². The van der Waals surface area contributed by atoms with E-state index in [1.54, 1.807) is 0 Å². The largest absolute Gasteiger partial charge is 0.478 e. The molecule has 0 radical (unpaired) electrons. The number of carbonyl (C=O) groups is 1. The van der Waals surface area contributed by atoms with Crippen molar-refractivity contribution in [2.45, 2.75) is 12.8 Å². The van der Waals surface area contributed by atoms with Crippen LogP contribution < -0.4 is 0 Å². The quantitative estimate of drug-likeness (QED) is 0.827. The number of allylic oxidation sites excluding steroid dienone is 1. The Morgan fingerprint density at radius 2 is 2.19 bits per heavy atom. The van der Waals surface area contributed by atoms with Crippen LogP contribution in [0, 0.1) is 5.92 Å². The van der Waals surface area contributed by atoms with E-state index in [-0.39, 0.29) is 5.56 Å². The minimum Gasteiger partial charge on any atom is -0.478 e. The molecule has 1 aromatic heterocycles. The molecule has 16 heavy (non-hydrogen) atoms. The van der Waals surface area contributed by atoms with E-state index in [0.717, 1.165) is 31.5 Å². The summed E-state index contributed by atoms with van der Waals surface area (Å²) in [6, 6.07) is 1.52. The molecule has 4 heterocycles. The predicted octanol–water partition coefficient (Wildman–Crippen LogP) is 2.04. The summed E-state index contributed by atoms with van der Waals surface area (Å²) in [5.74, 6) is 0.0947. The number of piperidine rings is 1. The van der Waals surface area contributed by atoms with Crippen molar-refractivity contribution < 1.29 is 14.3 Å². The number of aromatic carboxylic acids is 1. The van der Waals surface area contributed by atoms with Gasteiger partial charge in [0.15, 0.2) is 0 Å². The van der Waals surface area contributed by atoms with Gasteiger partial charge < -0.3 is 14.4 Å². The third-order valence-electron chi connectivity index (χ3n) is 3.45. The fourth-order valence-corrected chi connectivity index (χ4v) is 2.59. The summed E-state index contributed by atoms with van der Waals surface area (Å²) < 4.78 is 5.34. The van der Waals surface area contributed by atoms with Gasteiger partial charge in [-0.2, -0.15) is 0 Å². The first-order valence-electron chi connectivity index (χ1n) is 5.52. The van der Waals surface area contributed by atoms with Gasteiger partial charge >= 0.3 is 5.97 Å². The maximum absolute atomic E-state index is 11.0. The van der Waals surface area contributed by atoms with Gasteiger partial charge in [0.1, 0.15) is 11.3 Å². The summed E-state index contributed by atoms with van der Waals surface area (Å²) >= 11 is 0. The summed E-state index contributed by atoms with van der Waals surface area (Å²) in [4.78, 5) is 13.3. The lowest BCUT2D eigenvalue weighted by atomic mass is 9.84. The molecule has 2 bridgehead atoms. The van der Waals surface area contributed by atoms with Gasteiger partial charge in [-0.1, -0.05) is 0 Å². The van der Waals surface area contributed by atoms with E-state index in [4.69, 9.17) is 9.52 Å². The van der Waals surface area contributed by atoms with Crippen LogP contribution in [0.15, 0.2) is 22.9 Å². The van der Waals surface area contributed by atoms with Gasteiger partial charge in [0.05, 0.1) is 6.26 Å². The van der Waals surface area contributed by atoms with Gasteiger partial charge in [-0.3, -0.25) is 0 Å². The summed E-state index contributed by atoms with van der Waals surface area (Å²) in [6.45, 7) is 2.16. The van der Waals surface area contributed by atoms with Crippen molar-refractivity contribution in [3.63, 3.8) is 0 Å². The Balaban J connectivity index is 2.04. The molecule has 84 valence electrons. The Morgan fingerprint density at radius 3 is 2.75 bits per heavy atom. The van der Waals surface area contributed by atoms with Gasteiger partial charge in [0.2, 0.25) is 0 Å². The van der Waals surface area contributed by atoms with Crippen molar-refractivity contribution >= 4 is 11.5 Å². The zero-order valence-electron chi connectivity index (χ0n) is 8.85. The fourth-order valence-electron chi connectivity index (χ4n) is 2.59. The Bertz CT molecular complexity index is 453. The van der Waals surface area contributed by atoms with E-state index in [1.807, 2.05) is 0 Å². The molecule has 0 aliphatic carbocycles. The Kier molecular flexibility index (Phi) is 2.02. The molecule has 0 saturated carbocycles. The molecule has 4 nitrogen and oxygen atoms in total. The number of furan rings is 1. The lowest BCUT2D eigenvalue weighted by Crippen LogP contribution is -2.35. The number of carboxylic acid groups (broad SMARTS) is 1. The van der Waals surface area contributed by atoms with Crippen molar-refractivity contribution in [2.24, 2.45) is 5.92 Å². The van der Waals surface area contributed by atoms with Crippen molar-refractivity contribution in [3.8, 4) is 0 Å². The first-order chi connectivity index (χ1) is 7.75. The first-order valence-corrected chi connectivity index (χ1v) is 5.52. The second-order valence-electron chi connectivity index (χ2n) is 4.36. The molecule has 0 spiro atoms. The van der Waals surface area contributed by atoms with Crippen LogP contribution in [-0.4, -0.2) is 29.1 Å². The number of hydrogen-bond acceptors (Lipinski definition) is 3. The van der Waals surface area contributed by atoms with Gasteiger partial charge in [0, 0.05) is 24.9 Å². The SMILES string of the molecule is O=C(O)c1ccoc1C1=CN2CCC1CC2. The van der Waals surface area contributed by atoms with E-state index >= 15 is 0 Å². The van der Waals surface area contributed by atoms with E-state index in [9.17, 15) is 4.79 Å². The second-order valence-corrected chi connectivity index (χ2v) is 4.36. The van der Waals surface area contributed by atoms with E-state index < -0.39 is 5.97 Å². The second kappa shape index (κ2) is 3.40. The molecule has 3 aliphatic heterocycles. The lowest BCUT2D eigenvalue weighted by molar-refractivity contribution is 0.0695. The van der Waals surface area contributed by atoms with Crippen LogP contribution in [0.3, 0.4) is 0 Å². The van der Waals surface area contributed by atoms with Crippen LogP contribution in [0.5, 0.6) is 0 Å². The molecule has 3 aliphatic rings. The molecule has 0 amide bonds. The average Bonchev–Trinajstić information content (AvgIpc) is 2.79. The van der Waals surface area contributed by atoms with Crippen LogP contribution in [0.4, 0.5) is 0 Å². The minimum absolute atomic E-state index is 0.278. The molecule has 1 saturated heterocycles. The summed E-state index contributed by atoms with van der Waals surface area (Å²) in [5, 5.41) is 9.05. The molecule has 1 fully saturated rings. The monoisotopic (exact) mass is 219 g/mol. The number of carboxylic acids is 1. The number of rotatable bonds is 2. The molecule has 1 N–H and O–H groups in total. The van der Waals surface area contributed by atoms with Gasteiger partial charge in [-0.05, 0) is 24.8 Å². The first kappa shape index (κ1) is 9.51. The number of nitrogens with zero attached hydrogens (tertiary/aromatic N) is 1. The Hall–Kier alpha value is -1.71. The third-order valence-corrected chi connectivity index (χ3v) is 3.45. The Morgan fingerprint density at radius 1 is 1.44 bits per heavy atom. The van der Waals surface area contributed by atoms with Crippen molar-refractivity contribution in [1.82, 2.24) is 4.90 Å². The van der Waals surface area contributed by atoms with Crippen molar-refractivity contribution in [3.05, 3.63) is 29.9 Å². The van der Waals surface area contributed by atoms with E-state index in [1.165, 1.54) is 12.3 Å². The maximum atomic E-state index is 11.0. The summed E-state index contributed by atoms with van der Waals surface area (Å²) in [6.07, 6.45) is 5.72. The normalized spacial score (nSPS) is 20.0. The standard InChI is InChI=1S/C12H13NO3/c14-12(15)9-3-6-16-11(9)10-7-13-4-1-8(10)2-5-13/h3,6-8H,1-2,4-5H2,(H,14,15). The highest BCUT2D eigenvalue weighted by Gasteiger charge is 2.31. The van der Waals surface area contributed by atoms with Crippen LogP contribution in [0.25, 0.3) is 5.57 Å². The fraction of sp³-hybridized carbons (Fsp3) is 0.417. The highest BCUT2D eigenvalue weighted by Crippen LogP contribution is 2.38. The minimum atomic E-state index is -0.916. The highest BCUT2D eigenvalue weighted by molar-refractivity contribution is 5.93. The number of fused-ring (bicyclic) bond motifs is 2. The zero-order valence-corrected chi connectivity index (χ0v) is 8.85. The average molecular weight is 219 g/mol. The zero-order chi connectivity index (χ0) is 11.1. The maximum Gasteiger partial charge on any atom is 0.339 e. The van der Waals surface area contributed by atoms with Crippen LogP contribution >= 0.6 is 0 Å². The van der Waals surface area contributed by atoms with Crippen LogP contribution in [0.1, 0.15) is 29.0 Å². The lowest BCUT2D eigenvalue weighted by Gasteiger charge is -2.38. The van der Waals surface area contributed by atoms with Crippen molar-refractivity contribution in [2.75, 3.05) is 13.1 Å². The third kappa shape index (κ3) is 1.33. The topological polar surface area (TPSA) is 53.7 Å². The van der Waals surface area contributed by atoms with Crippen LogP contribution in [0.2, 0.25) is 0 Å². The molecule has 0 unspecified atom stereocenters. The predicted molar refractivity (Wildman–Crippen MR) is 57.9 cm³/mol. The smallest absolute Gasteiger partial charge is 0.339 e. The molecule has 1 aromatic rings. The molecule has 0 atom stereocenters. The molecule has 4 heteroatoms. The molecular weight excluding hydrogens is 206 g/mol. The van der Waals surface area contributed by atoms with Gasteiger partial charge in [-0.25, -0.2) is 4.79 Å². The highest BCUT2D eigenvalue weighted by atomic mass is 16.4. The van der Waals surface area contributed by atoms with E-state index in [0.29, 0.717) is 11.7 Å². The molecular formula is C12H13NO3. The molecule has 0 aromatic carbocycles. The van der Waals surface area contributed by atoms with E-state index in [2.05, 4.69) is 11.1 Å². The van der Waals surface area contributed by atoms with Crippen LogP contribution in [-0.2, 0) is 0 Å². The van der Waals surface area contributed by atoms with Gasteiger partial charge in [0.25, 0.3) is 0 Å².